The Morgan fingerprint density at radius 3 is 2.53 bits per heavy atom. The summed E-state index contributed by atoms with van der Waals surface area (Å²) in [7, 11) is 0. The van der Waals surface area contributed by atoms with Gasteiger partial charge < -0.3 is 5.11 Å². The number of hydrogen-bond acceptors (Lipinski definition) is 1. The lowest BCUT2D eigenvalue weighted by atomic mass is 10.0. The summed E-state index contributed by atoms with van der Waals surface area (Å²) >= 11 is 0. The number of aliphatic hydroxyl groups excluding tert-OH is 1. The molecule has 0 unspecified atom stereocenters. The molecular weight excluding hydrogens is 184 g/mol. The van der Waals surface area contributed by atoms with Crippen LogP contribution in [0.15, 0.2) is 43.0 Å². The summed E-state index contributed by atoms with van der Waals surface area (Å²) in [6.45, 7) is 6.26. The molecule has 80 valence electrons. The van der Waals surface area contributed by atoms with E-state index in [1.165, 1.54) is 11.1 Å². The van der Waals surface area contributed by atoms with Crippen LogP contribution in [0.3, 0.4) is 0 Å². The molecule has 1 nitrogen and oxygen atoms in total. The molecule has 0 aliphatic carbocycles. The van der Waals surface area contributed by atoms with Crippen molar-refractivity contribution in [3.63, 3.8) is 0 Å². The Labute approximate surface area is 91.8 Å². The third kappa shape index (κ3) is 4.13. The molecule has 0 bridgehead atoms. The van der Waals surface area contributed by atoms with Crippen molar-refractivity contribution < 1.29 is 5.11 Å². The smallest absolute Gasteiger partial charge is 0.0612 e. The van der Waals surface area contributed by atoms with Gasteiger partial charge in [0.1, 0.15) is 0 Å². The SMILES string of the molecule is C=C(CC/C=C/CO)c1ccc(C)cc1. The van der Waals surface area contributed by atoms with Gasteiger partial charge in [-0.05, 0) is 30.9 Å². The normalized spacial score (nSPS) is 10.8. The molecule has 0 saturated heterocycles. The fraction of sp³-hybridized carbons (Fsp3) is 0.286. The Morgan fingerprint density at radius 1 is 1.27 bits per heavy atom. The topological polar surface area (TPSA) is 20.2 Å². The van der Waals surface area contributed by atoms with Gasteiger partial charge >= 0.3 is 0 Å². The van der Waals surface area contributed by atoms with E-state index in [0.717, 1.165) is 18.4 Å². The molecular formula is C14H18O. The van der Waals surface area contributed by atoms with Crippen molar-refractivity contribution >= 4 is 5.57 Å². The van der Waals surface area contributed by atoms with Crippen molar-refractivity contribution in [2.75, 3.05) is 6.61 Å². The minimum atomic E-state index is 0.122. The van der Waals surface area contributed by atoms with Gasteiger partial charge in [0.05, 0.1) is 6.61 Å². The molecule has 1 N–H and O–H groups in total. The van der Waals surface area contributed by atoms with E-state index >= 15 is 0 Å². The highest BCUT2D eigenvalue weighted by molar-refractivity contribution is 5.63. The number of rotatable bonds is 5. The molecule has 0 heterocycles. The zero-order chi connectivity index (χ0) is 11.1. The molecule has 0 saturated carbocycles. The van der Waals surface area contributed by atoms with Crippen molar-refractivity contribution in [2.45, 2.75) is 19.8 Å². The number of allylic oxidation sites excluding steroid dienone is 2. The first kappa shape index (κ1) is 11.7. The van der Waals surface area contributed by atoms with E-state index < -0.39 is 0 Å². The first-order valence-corrected chi connectivity index (χ1v) is 5.24. The van der Waals surface area contributed by atoms with Gasteiger partial charge in [0.15, 0.2) is 0 Å². The van der Waals surface area contributed by atoms with E-state index in [4.69, 9.17) is 5.11 Å². The molecule has 0 spiro atoms. The fourth-order valence-electron chi connectivity index (χ4n) is 1.38. The lowest BCUT2D eigenvalue weighted by molar-refractivity contribution is 0.342. The lowest BCUT2D eigenvalue weighted by Gasteiger charge is -2.04. The van der Waals surface area contributed by atoms with Crippen LogP contribution in [-0.4, -0.2) is 11.7 Å². The van der Waals surface area contributed by atoms with Crippen LogP contribution in [0, 0.1) is 6.92 Å². The maximum absolute atomic E-state index is 8.57. The minimum Gasteiger partial charge on any atom is -0.392 e. The Kier molecular flexibility index (Phi) is 4.85. The van der Waals surface area contributed by atoms with E-state index in [1.54, 1.807) is 6.08 Å². The van der Waals surface area contributed by atoms with Crippen LogP contribution < -0.4 is 0 Å². The van der Waals surface area contributed by atoms with E-state index in [9.17, 15) is 0 Å². The second kappa shape index (κ2) is 6.20. The van der Waals surface area contributed by atoms with Gasteiger partial charge in [0.2, 0.25) is 0 Å². The Bertz CT molecular complexity index is 333. The molecule has 0 fully saturated rings. The van der Waals surface area contributed by atoms with E-state index in [1.807, 2.05) is 6.08 Å². The molecule has 1 aromatic rings. The molecule has 0 atom stereocenters. The van der Waals surface area contributed by atoms with E-state index in [-0.39, 0.29) is 6.61 Å². The van der Waals surface area contributed by atoms with Crippen molar-refractivity contribution in [3.05, 3.63) is 54.1 Å². The quantitative estimate of drug-likeness (QED) is 0.726. The van der Waals surface area contributed by atoms with Crippen molar-refractivity contribution in [1.29, 1.82) is 0 Å². The highest BCUT2D eigenvalue weighted by Gasteiger charge is 1.96. The largest absolute Gasteiger partial charge is 0.392 e. The zero-order valence-corrected chi connectivity index (χ0v) is 9.24. The standard InChI is InChI=1S/C14H18O/c1-12-7-9-14(10-8-12)13(2)6-4-3-5-11-15/h3,5,7-10,15H,2,4,6,11H2,1H3/b5-3+. The second-order valence-corrected chi connectivity index (χ2v) is 3.66. The fourth-order valence-corrected chi connectivity index (χ4v) is 1.38. The molecule has 0 aliphatic rings. The third-order valence-electron chi connectivity index (χ3n) is 2.34. The van der Waals surface area contributed by atoms with Crippen molar-refractivity contribution in [2.24, 2.45) is 0 Å². The summed E-state index contributed by atoms with van der Waals surface area (Å²) in [5.74, 6) is 0. The van der Waals surface area contributed by atoms with Gasteiger partial charge in [-0.15, -0.1) is 0 Å². The summed E-state index contributed by atoms with van der Waals surface area (Å²) in [4.78, 5) is 0. The maximum Gasteiger partial charge on any atom is 0.0612 e. The summed E-state index contributed by atoms with van der Waals surface area (Å²) in [5, 5.41) is 8.57. The maximum atomic E-state index is 8.57. The minimum absolute atomic E-state index is 0.122. The molecule has 0 aliphatic heterocycles. The van der Waals surface area contributed by atoms with Crippen LogP contribution in [0.25, 0.3) is 5.57 Å². The Morgan fingerprint density at radius 2 is 1.93 bits per heavy atom. The lowest BCUT2D eigenvalue weighted by Crippen LogP contribution is -1.83. The van der Waals surface area contributed by atoms with Gasteiger partial charge in [-0.1, -0.05) is 48.6 Å². The Hall–Kier alpha value is -1.34. The summed E-state index contributed by atoms with van der Waals surface area (Å²) in [6.07, 6.45) is 5.63. The number of aliphatic hydroxyl groups is 1. The summed E-state index contributed by atoms with van der Waals surface area (Å²) in [6, 6.07) is 8.41. The zero-order valence-electron chi connectivity index (χ0n) is 9.24. The second-order valence-electron chi connectivity index (χ2n) is 3.66. The van der Waals surface area contributed by atoms with E-state index in [2.05, 4.69) is 37.8 Å². The summed E-state index contributed by atoms with van der Waals surface area (Å²) in [5.41, 5.74) is 3.63. The van der Waals surface area contributed by atoms with Gasteiger partial charge in [0.25, 0.3) is 0 Å². The predicted molar refractivity (Wildman–Crippen MR) is 65.7 cm³/mol. The van der Waals surface area contributed by atoms with Crippen LogP contribution in [-0.2, 0) is 0 Å². The molecule has 0 aromatic heterocycles. The average Bonchev–Trinajstić information content (AvgIpc) is 2.25. The number of aryl methyl sites for hydroxylation is 1. The van der Waals surface area contributed by atoms with Crippen LogP contribution in [0.1, 0.15) is 24.0 Å². The first-order valence-electron chi connectivity index (χ1n) is 5.24. The molecule has 1 rings (SSSR count). The molecule has 1 heteroatoms. The molecule has 1 aromatic carbocycles. The molecule has 15 heavy (non-hydrogen) atoms. The predicted octanol–water partition coefficient (Wildman–Crippen LogP) is 3.34. The number of hydrogen-bond donors (Lipinski definition) is 1. The third-order valence-corrected chi connectivity index (χ3v) is 2.34. The van der Waals surface area contributed by atoms with Crippen molar-refractivity contribution in [3.8, 4) is 0 Å². The monoisotopic (exact) mass is 202 g/mol. The average molecular weight is 202 g/mol. The van der Waals surface area contributed by atoms with Gasteiger partial charge in [0, 0.05) is 0 Å². The van der Waals surface area contributed by atoms with Crippen LogP contribution in [0.4, 0.5) is 0 Å². The van der Waals surface area contributed by atoms with Crippen LogP contribution in [0.5, 0.6) is 0 Å². The molecule has 0 amide bonds. The number of benzene rings is 1. The van der Waals surface area contributed by atoms with Crippen LogP contribution >= 0.6 is 0 Å². The van der Waals surface area contributed by atoms with Gasteiger partial charge in [-0.2, -0.15) is 0 Å². The van der Waals surface area contributed by atoms with Gasteiger partial charge in [-0.3, -0.25) is 0 Å². The first-order chi connectivity index (χ1) is 7.24. The highest BCUT2D eigenvalue weighted by Crippen LogP contribution is 2.18. The Balaban J connectivity index is 2.47. The molecule has 0 radical (unpaired) electrons. The van der Waals surface area contributed by atoms with Gasteiger partial charge in [-0.25, -0.2) is 0 Å². The summed E-state index contributed by atoms with van der Waals surface area (Å²) < 4.78 is 0. The van der Waals surface area contributed by atoms with E-state index in [0.29, 0.717) is 0 Å². The van der Waals surface area contributed by atoms with Crippen LogP contribution in [0.2, 0.25) is 0 Å². The highest BCUT2D eigenvalue weighted by atomic mass is 16.2. The van der Waals surface area contributed by atoms with Crippen molar-refractivity contribution in [1.82, 2.24) is 0 Å².